The van der Waals surface area contributed by atoms with E-state index in [9.17, 15) is 5.11 Å². The molecule has 0 aromatic carbocycles. The van der Waals surface area contributed by atoms with Crippen molar-refractivity contribution in [3.8, 4) is 0 Å². The summed E-state index contributed by atoms with van der Waals surface area (Å²) < 4.78 is 7.10. The van der Waals surface area contributed by atoms with E-state index in [4.69, 9.17) is 4.74 Å². The quantitative estimate of drug-likeness (QED) is 0.715. The maximum absolute atomic E-state index is 10.0. The average Bonchev–Trinajstić information content (AvgIpc) is 2.80. The Hall–Kier alpha value is -0.980. The van der Waals surface area contributed by atoms with Crippen LogP contribution in [-0.4, -0.2) is 45.2 Å². The Morgan fingerprint density at radius 2 is 2.38 bits per heavy atom. The second-order valence-corrected chi connectivity index (χ2v) is 4.35. The van der Waals surface area contributed by atoms with Gasteiger partial charge in [-0.05, 0) is 6.92 Å². The van der Waals surface area contributed by atoms with E-state index in [1.807, 2.05) is 18.5 Å². The van der Waals surface area contributed by atoms with Gasteiger partial charge in [0.05, 0.1) is 13.2 Å². The smallest absolute Gasteiger partial charge is 0.146 e. The molecule has 1 saturated heterocycles. The average molecular weight is 226 g/mol. The van der Waals surface area contributed by atoms with E-state index in [-0.39, 0.29) is 0 Å². The zero-order chi connectivity index (χ0) is 11.6. The Morgan fingerprint density at radius 3 is 2.94 bits per heavy atom. The first kappa shape index (κ1) is 11.5. The van der Waals surface area contributed by atoms with Crippen LogP contribution in [0.15, 0.2) is 0 Å². The first-order valence-corrected chi connectivity index (χ1v) is 5.46. The highest BCUT2D eigenvalue weighted by molar-refractivity contribution is 4.93. The molecule has 6 heteroatoms. The third-order valence-electron chi connectivity index (χ3n) is 3.00. The Balaban J connectivity index is 1.82. The zero-order valence-electron chi connectivity index (χ0n) is 9.73. The molecule has 16 heavy (non-hydrogen) atoms. The van der Waals surface area contributed by atoms with Crippen LogP contribution < -0.4 is 5.32 Å². The van der Waals surface area contributed by atoms with E-state index in [2.05, 4.69) is 15.5 Å². The van der Waals surface area contributed by atoms with Crippen LogP contribution >= 0.6 is 0 Å². The number of aryl methyl sites for hydroxylation is 1. The second kappa shape index (κ2) is 4.48. The largest absolute Gasteiger partial charge is 0.386 e. The fourth-order valence-corrected chi connectivity index (χ4v) is 1.75. The van der Waals surface area contributed by atoms with Crippen molar-refractivity contribution in [2.75, 3.05) is 19.8 Å². The monoisotopic (exact) mass is 226 g/mol. The Labute approximate surface area is 94.6 Å². The van der Waals surface area contributed by atoms with Crippen LogP contribution in [0.25, 0.3) is 0 Å². The molecular weight excluding hydrogens is 208 g/mol. The molecule has 0 bridgehead atoms. The number of aromatic nitrogens is 3. The molecule has 1 atom stereocenters. The lowest BCUT2D eigenvalue weighted by atomic mass is 10.0. The van der Waals surface area contributed by atoms with E-state index < -0.39 is 5.60 Å². The number of ether oxygens (including phenoxy) is 1. The molecule has 2 heterocycles. The number of nitrogens with zero attached hydrogens (tertiary/aromatic N) is 3. The second-order valence-electron chi connectivity index (χ2n) is 4.35. The number of aliphatic hydroxyl groups is 1. The van der Waals surface area contributed by atoms with Gasteiger partial charge < -0.3 is 19.7 Å². The molecule has 1 aromatic rings. The van der Waals surface area contributed by atoms with Gasteiger partial charge in [0.25, 0.3) is 0 Å². The highest BCUT2D eigenvalue weighted by atomic mass is 16.5. The normalized spacial score (nSPS) is 25.2. The van der Waals surface area contributed by atoms with Crippen LogP contribution in [-0.2, 0) is 18.3 Å². The first-order chi connectivity index (χ1) is 7.61. The molecular formula is C10H18N4O2. The summed E-state index contributed by atoms with van der Waals surface area (Å²) in [6.07, 6.45) is 0.692. The molecule has 2 N–H and O–H groups in total. The summed E-state index contributed by atoms with van der Waals surface area (Å²) >= 11 is 0. The highest BCUT2D eigenvalue weighted by Gasteiger charge is 2.31. The molecule has 90 valence electrons. The summed E-state index contributed by atoms with van der Waals surface area (Å²) in [4.78, 5) is 0. The van der Waals surface area contributed by atoms with Crippen LogP contribution in [0, 0.1) is 6.92 Å². The minimum absolute atomic E-state index is 0.415. The van der Waals surface area contributed by atoms with Crippen molar-refractivity contribution in [1.29, 1.82) is 0 Å². The van der Waals surface area contributed by atoms with E-state index in [0.29, 0.717) is 32.7 Å². The number of rotatable bonds is 4. The summed E-state index contributed by atoms with van der Waals surface area (Å²) in [5.74, 6) is 1.76. The molecule has 6 nitrogen and oxygen atoms in total. The van der Waals surface area contributed by atoms with E-state index in [1.54, 1.807) is 0 Å². The number of nitrogens with one attached hydrogen (secondary N) is 1. The van der Waals surface area contributed by atoms with Gasteiger partial charge in [0.1, 0.15) is 17.2 Å². The molecule has 1 aromatic heterocycles. The fourth-order valence-electron chi connectivity index (χ4n) is 1.75. The van der Waals surface area contributed by atoms with Crippen molar-refractivity contribution < 1.29 is 9.84 Å². The van der Waals surface area contributed by atoms with Crippen molar-refractivity contribution in [3.63, 3.8) is 0 Å². The van der Waals surface area contributed by atoms with Crippen LogP contribution in [0.1, 0.15) is 18.1 Å². The lowest BCUT2D eigenvalue weighted by Gasteiger charge is -2.20. The highest BCUT2D eigenvalue weighted by Crippen LogP contribution is 2.16. The van der Waals surface area contributed by atoms with Crippen molar-refractivity contribution in [1.82, 2.24) is 20.1 Å². The summed E-state index contributed by atoms with van der Waals surface area (Å²) in [5, 5.41) is 21.2. The van der Waals surface area contributed by atoms with Gasteiger partial charge in [-0.15, -0.1) is 10.2 Å². The van der Waals surface area contributed by atoms with E-state index in [1.165, 1.54) is 0 Å². The summed E-state index contributed by atoms with van der Waals surface area (Å²) in [5.41, 5.74) is -0.715. The molecule has 0 saturated carbocycles. The van der Waals surface area contributed by atoms with E-state index >= 15 is 0 Å². The number of hydrogen-bond donors (Lipinski definition) is 2. The molecule has 1 fully saturated rings. The summed E-state index contributed by atoms with van der Waals surface area (Å²) in [7, 11) is 1.93. The van der Waals surface area contributed by atoms with Crippen molar-refractivity contribution in [2.45, 2.75) is 25.5 Å². The standard InChI is InChI=1S/C10H18N4O2/c1-8-12-13-9(14(8)2)5-11-6-10(15)3-4-16-7-10/h11,15H,3-7H2,1-2H3. The predicted octanol–water partition coefficient (Wildman–Crippen LogP) is -0.635. The molecule has 1 aliphatic heterocycles. The van der Waals surface area contributed by atoms with Crippen molar-refractivity contribution in [3.05, 3.63) is 11.6 Å². The Kier molecular flexibility index (Phi) is 3.22. The Bertz CT molecular complexity index is 358. The molecule has 0 amide bonds. The number of hydrogen-bond acceptors (Lipinski definition) is 5. The van der Waals surface area contributed by atoms with Gasteiger partial charge in [-0.3, -0.25) is 0 Å². The predicted molar refractivity (Wildman–Crippen MR) is 57.8 cm³/mol. The topological polar surface area (TPSA) is 72.2 Å². The minimum atomic E-state index is -0.715. The Morgan fingerprint density at radius 1 is 1.56 bits per heavy atom. The zero-order valence-corrected chi connectivity index (χ0v) is 9.73. The van der Waals surface area contributed by atoms with Crippen molar-refractivity contribution >= 4 is 0 Å². The maximum atomic E-state index is 10.0. The van der Waals surface area contributed by atoms with Crippen LogP contribution in [0.4, 0.5) is 0 Å². The maximum Gasteiger partial charge on any atom is 0.146 e. The molecule has 1 unspecified atom stereocenters. The van der Waals surface area contributed by atoms with Gasteiger partial charge in [-0.2, -0.15) is 0 Å². The minimum Gasteiger partial charge on any atom is -0.386 e. The SMILES string of the molecule is Cc1nnc(CNCC2(O)CCOC2)n1C. The lowest BCUT2D eigenvalue weighted by molar-refractivity contribution is 0.0267. The lowest BCUT2D eigenvalue weighted by Crippen LogP contribution is -2.41. The summed E-state index contributed by atoms with van der Waals surface area (Å²) in [6.45, 7) is 4.10. The molecule has 0 radical (unpaired) electrons. The van der Waals surface area contributed by atoms with E-state index in [0.717, 1.165) is 11.6 Å². The van der Waals surface area contributed by atoms with Gasteiger partial charge in [0.15, 0.2) is 0 Å². The van der Waals surface area contributed by atoms with Crippen LogP contribution in [0.2, 0.25) is 0 Å². The fraction of sp³-hybridized carbons (Fsp3) is 0.800. The third kappa shape index (κ3) is 2.40. The van der Waals surface area contributed by atoms with Gasteiger partial charge in [-0.1, -0.05) is 0 Å². The first-order valence-electron chi connectivity index (χ1n) is 5.46. The van der Waals surface area contributed by atoms with Gasteiger partial charge in [-0.25, -0.2) is 0 Å². The third-order valence-corrected chi connectivity index (χ3v) is 3.00. The molecule has 1 aliphatic rings. The molecule has 0 aliphatic carbocycles. The molecule has 2 rings (SSSR count). The van der Waals surface area contributed by atoms with Crippen LogP contribution in [0.5, 0.6) is 0 Å². The van der Waals surface area contributed by atoms with Gasteiger partial charge >= 0.3 is 0 Å². The molecule has 0 spiro atoms. The van der Waals surface area contributed by atoms with Gasteiger partial charge in [0.2, 0.25) is 0 Å². The van der Waals surface area contributed by atoms with Crippen molar-refractivity contribution in [2.24, 2.45) is 7.05 Å². The summed E-state index contributed by atoms with van der Waals surface area (Å²) in [6, 6.07) is 0. The van der Waals surface area contributed by atoms with Gasteiger partial charge in [0, 0.05) is 26.6 Å². The van der Waals surface area contributed by atoms with Crippen LogP contribution in [0.3, 0.4) is 0 Å².